The van der Waals surface area contributed by atoms with Gasteiger partial charge in [-0.05, 0) is 44.4 Å². The van der Waals surface area contributed by atoms with Crippen molar-refractivity contribution in [2.24, 2.45) is 11.8 Å². The summed E-state index contributed by atoms with van der Waals surface area (Å²) >= 11 is 0. The van der Waals surface area contributed by atoms with E-state index < -0.39 is 0 Å². The van der Waals surface area contributed by atoms with Gasteiger partial charge in [-0.2, -0.15) is 0 Å². The zero-order chi connectivity index (χ0) is 15.4. The molecule has 0 saturated carbocycles. The molecule has 20 heavy (non-hydrogen) atoms. The normalized spacial score (nSPS) is 15.7. The highest BCUT2D eigenvalue weighted by atomic mass is 16.5. The summed E-state index contributed by atoms with van der Waals surface area (Å²) in [6, 6.07) is 0. The highest BCUT2D eigenvalue weighted by Crippen LogP contribution is 2.23. The summed E-state index contributed by atoms with van der Waals surface area (Å²) in [5.41, 5.74) is 0. The van der Waals surface area contributed by atoms with Crippen molar-refractivity contribution in [3.63, 3.8) is 0 Å². The highest BCUT2D eigenvalue weighted by molar-refractivity contribution is 5.71. The first-order valence-electron chi connectivity index (χ1n) is 8.28. The lowest BCUT2D eigenvalue weighted by molar-refractivity contribution is -0.145. The van der Waals surface area contributed by atoms with Crippen LogP contribution in [0.25, 0.3) is 0 Å². The third-order valence-electron chi connectivity index (χ3n) is 4.10. The number of hydrogen-bond acceptors (Lipinski definition) is 3. The van der Waals surface area contributed by atoms with Crippen LogP contribution >= 0.6 is 0 Å². The third-order valence-corrected chi connectivity index (χ3v) is 4.10. The molecule has 0 radical (unpaired) electrons. The Labute approximate surface area is 125 Å². The van der Waals surface area contributed by atoms with E-state index >= 15 is 0 Å². The number of ether oxygens (including phenoxy) is 2. The monoisotopic (exact) mass is 286 g/mol. The smallest absolute Gasteiger partial charge is 0.308 e. The molecule has 0 aliphatic heterocycles. The van der Waals surface area contributed by atoms with Gasteiger partial charge in [-0.25, -0.2) is 0 Å². The maximum Gasteiger partial charge on any atom is 0.308 e. The number of carbonyl (C=O) groups is 1. The summed E-state index contributed by atoms with van der Waals surface area (Å²) in [5.74, 6) is 0.631. The molecule has 0 aliphatic rings. The standard InChI is InChI=1S/C17H34O3/c1-6-13-20-16(8-3)12-11-15(7-2)10-9-14(4)17(18)19-5/h14-16H,6-13H2,1-5H3/t14?,15?,16-/m0/s1. The molecule has 0 bridgehead atoms. The van der Waals surface area contributed by atoms with Crippen LogP contribution in [0.3, 0.4) is 0 Å². The van der Waals surface area contributed by atoms with Crippen LogP contribution in [0.2, 0.25) is 0 Å². The van der Waals surface area contributed by atoms with Gasteiger partial charge in [0.25, 0.3) is 0 Å². The highest BCUT2D eigenvalue weighted by Gasteiger charge is 2.17. The van der Waals surface area contributed by atoms with Crippen LogP contribution in [0.5, 0.6) is 0 Å². The van der Waals surface area contributed by atoms with Gasteiger partial charge >= 0.3 is 5.97 Å². The minimum absolute atomic E-state index is 0.0207. The fourth-order valence-electron chi connectivity index (χ4n) is 2.47. The molecule has 0 fully saturated rings. The van der Waals surface area contributed by atoms with E-state index in [1.54, 1.807) is 0 Å². The van der Waals surface area contributed by atoms with Gasteiger partial charge in [0.2, 0.25) is 0 Å². The zero-order valence-electron chi connectivity index (χ0n) is 14.1. The molecular formula is C17H34O3. The van der Waals surface area contributed by atoms with E-state index in [4.69, 9.17) is 9.47 Å². The first kappa shape index (κ1) is 19.4. The van der Waals surface area contributed by atoms with Gasteiger partial charge in [0, 0.05) is 6.61 Å². The van der Waals surface area contributed by atoms with E-state index in [0.717, 1.165) is 38.7 Å². The summed E-state index contributed by atoms with van der Waals surface area (Å²) in [4.78, 5) is 11.4. The Balaban J connectivity index is 3.98. The molecule has 2 unspecified atom stereocenters. The Bertz CT molecular complexity index is 240. The summed E-state index contributed by atoms with van der Waals surface area (Å²) in [5, 5.41) is 0. The van der Waals surface area contributed by atoms with Crippen LogP contribution in [0.1, 0.15) is 72.6 Å². The first-order valence-corrected chi connectivity index (χ1v) is 8.28. The molecule has 0 rings (SSSR count). The van der Waals surface area contributed by atoms with E-state index in [0.29, 0.717) is 12.0 Å². The van der Waals surface area contributed by atoms with Crippen molar-refractivity contribution in [1.82, 2.24) is 0 Å². The third kappa shape index (κ3) is 8.57. The molecule has 0 amide bonds. The maximum atomic E-state index is 11.4. The molecule has 120 valence electrons. The SMILES string of the molecule is CCCO[C@@H](CC)CCC(CC)CCC(C)C(=O)OC. The molecule has 0 aromatic heterocycles. The number of rotatable bonds is 12. The van der Waals surface area contributed by atoms with Crippen molar-refractivity contribution in [2.75, 3.05) is 13.7 Å². The van der Waals surface area contributed by atoms with E-state index in [1.807, 2.05) is 6.92 Å². The number of methoxy groups -OCH3 is 1. The second kappa shape index (κ2) is 12.2. The van der Waals surface area contributed by atoms with Gasteiger partial charge in [0.15, 0.2) is 0 Å². The van der Waals surface area contributed by atoms with Crippen molar-refractivity contribution in [3.8, 4) is 0 Å². The second-order valence-corrected chi connectivity index (χ2v) is 5.75. The summed E-state index contributed by atoms with van der Waals surface area (Å²) in [7, 11) is 1.47. The van der Waals surface area contributed by atoms with Gasteiger partial charge in [-0.1, -0.05) is 34.1 Å². The Hall–Kier alpha value is -0.570. The van der Waals surface area contributed by atoms with Crippen LogP contribution in [0.15, 0.2) is 0 Å². The van der Waals surface area contributed by atoms with E-state index in [-0.39, 0.29) is 11.9 Å². The van der Waals surface area contributed by atoms with Crippen molar-refractivity contribution < 1.29 is 14.3 Å². The Morgan fingerprint density at radius 2 is 1.65 bits per heavy atom. The topological polar surface area (TPSA) is 35.5 Å². The molecule has 0 spiro atoms. The average Bonchev–Trinajstić information content (AvgIpc) is 2.48. The lowest BCUT2D eigenvalue weighted by Gasteiger charge is -2.21. The predicted molar refractivity (Wildman–Crippen MR) is 83.8 cm³/mol. The first-order chi connectivity index (χ1) is 9.58. The summed E-state index contributed by atoms with van der Waals surface area (Å²) < 4.78 is 10.6. The number of carbonyl (C=O) groups excluding carboxylic acids is 1. The van der Waals surface area contributed by atoms with Gasteiger partial charge in [0.1, 0.15) is 0 Å². The fourth-order valence-corrected chi connectivity index (χ4v) is 2.47. The Morgan fingerprint density at radius 3 is 2.15 bits per heavy atom. The fraction of sp³-hybridized carbons (Fsp3) is 0.941. The van der Waals surface area contributed by atoms with Crippen molar-refractivity contribution >= 4 is 5.97 Å². The van der Waals surface area contributed by atoms with Crippen LogP contribution < -0.4 is 0 Å². The summed E-state index contributed by atoms with van der Waals surface area (Å²) in [6.45, 7) is 9.41. The Kier molecular flexibility index (Phi) is 11.8. The molecule has 0 heterocycles. The predicted octanol–water partition coefficient (Wildman–Crippen LogP) is 4.59. The maximum absolute atomic E-state index is 11.4. The quantitative estimate of drug-likeness (QED) is 0.492. The molecule has 0 saturated heterocycles. The molecule has 0 aromatic carbocycles. The van der Waals surface area contributed by atoms with Gasteiger partial charge in [-0.3, -0.25) is 4.79 Å². The minimum Gasteiger partial charge on any atom is -0.469 e. The van der Waals surface area contributed by atoms with Crippen LogP contribution in [0.4, 0.5) is 0 Å². The lowest BCUT2D eigenvalue weighted by Crippen LogP contribution is -2.16. The minimum atomic E-state index is -0.0856. The molecule has 0 aliphatic carbocycles. The number of esters is 1. The summed E-state index contributed by atoms with van der Waals surface area (Å²) in [6.07, 6.45) is 8.14. The number of hydrogen-bond donors (Lipinski definition) is 0. The molecule has 0 aromatic rings. The van der Waals surface area contributed by atoms with Crippen LogP contribution in [-0.2, 0) is 14.3 Å². The largest absolute Gasteiger partial charge is 0.469 e. The van der Waals surface area contributed by atoms with Gasteiger partial charge in [-0.15, -0.1) is 0 Å². The molecular weight excluding hydrogens is 252 g/mol. The van der Waals surface area contributed by atoms with E-state index in [2.05, 4.69) is 20.8 Å². The molecule has 0 N–H and O–H groups in total. The zero-order valence-corrected chi connectivity index (χ0v) is 14.1. The van der Waals surface area contributed by atoms with Crippen LogP contribution in [-0.4, -0.2) is 25.8 Å². The average molecular weight is 286 g/mol. The van der Waals surface area contributed by atoms with Crippen LogP contribution in [0, 0.1) is 11.8 Å². The lowest BCUT2D eigenvalue weighted by atomic mass is 9.90. The molecule has 3 heteroatoms. The van der Waals surface area contributed by atoms with E-state index in [9.17, 15) is 4.79 Å². The Morgan fingerprint density at radius 1 is 1.00 bits per heavy atom. The van der Waals surface area contributed by atoms with E-state index in [1.165, 1.54) is 20.0 Å². The molecule has 3 nitrogen and oxygen atoms in total. The van der Waals surface area contributed by atoms with Crippen molar-refractivity contribution in [2.45, 2.75) is 78.7 Å². The second-order valence-electron chi connectivity index (χ2n) is 5.75. The van der Waals surface area contributed by atoms with Gasteiger partial charge in [0.05, 0.1) is 19.1 Å². The van der Waals surface area contributed by atoms with Gasteiger partial charge < -0.3 is 9.47 Å². The van der Waals surface area contributed by atoms with Crippen molar-refractivity contribution in [1.29, 1.82) is 0 Å². The van der Waals surface area contributed by atoms with Crippen molar-refractivity contribution in [3.05, 3.63) is 0 Å². The molecule has 3 atom stereocenters.